The molecule has 100 valence electrons. The summed E-state index contributed by atoms with van der Waals surface area (Å²) in [6, 6.07) is 7.49. The molecule has 0 aromatic heterocycles. The second-order valence-corrected chi connectivity index (χ2v) is 4.96. The Balaban J connectivity index is 2.15. The van der Waals surface area contributed by atoms with Crippen LogP contribution >= 0.6 is 15.9 Å². The Morgan fingerprint density at radius 2 is 2.33 bits per heavy atom. The maximum Gasteiger partial charge on any atom is 0.223 e. The van der Waals surface area contributed by atoms with Crippen molar-refractivity contribution in [2.24, 2.45) is 0 Å². The minimum absolute atomic E-state index is 0.0642. The van der Waals surface area contributed by atoms with Gasteiger partial charge >= 0.3 is 0 Å². The first kappa shape index (κ1) is 15.0. The summed E-state index contributed by atoms with van der Waals surface area (Å²) in [5, 5.41) is 11.8. The van der Waals surface area contributed by atoms with Gasteiger partial charge in [-0.1, -0.05) is 22.0 Å². The van der Waals surface area contributed by atoms with Gasteiger partial charge in [-0.15, -0.1) is 0 Å². The Hall–Kier alpha value is -1.07. The third kappa shape index (κ3) is 6.61. The van der Waals surface area contributed by atoms with Crippen LogP contribution < -0.4 is 10.1 Å². The molecule has 0 fully saturated rings. The number of hydrogen-bond acceptors (Lipinski definition) is 3. The van der Waals surface area contributed by atoms with Crippen LogP contribution in [0.1, 0.15) is 19.8 Å². The molecular formula is C13H18BrNO3. The first-order valence-corrected chi connectivity index (χ1v) is 6.70. The van der Waals surface area contributed by atoms with Crippen molar-refractivity contribution in [1.29, 1.82) is 0 Å². The number of carbonyl (C=O) groups excluding carboxylic acids is 1. The van der Waals surface area contributed by atoms with Crippen LogP contribution in [-0.4, -0.2) is 30.3 Å². The van der Waals surface area contributed by atoms with Crippen molar-refractivity contribution < 1.29 is 14.6 Å². The zero-order valence-corrected chi connectivity index (χ0v) is 11.9. The van der Waals surface area contributed by atoms with Gasteiger partial charge in [0.15, 0.2) is 0 Å². The van der Waals surface area contributed by atoms with E-state index >= 15 is 0 Å². The van der Waals surface area contributed by atoms with Crippen molar-refractivity contribution in [3.8, 4) is 5.75 Å². The molecule has 5 heteroatoms. The van der Waals surface area contributed by atoms with Crippen molar-refractivity contribution in [2.45, 2.75) is 25.9 Å². The second-order valence-electron chi connectivity index (χ2n) is 4.04. The Bertz CT molecular complexity index is 382. The van der Waals surface area contributed by atoms with E-state index in [-0.39, 0.29) is 12.0 Å². The number of nitrogens with one attached hydrogen (secondary N) is 1. The first-order chi connectivity index (χ1) is 8.58. The Kier molecular flexibility index (Phi) is 6.75. The number of ether oxygens (including phenoxy) is 1. The molecule has 1 aromatic rings. The van der Waals surface area contributed by atoms with Gasteiger partial charge in [0.25, 0.3) is 0 Å². The molecule has 1 amide bonds. The van der Waals surface area contributed by atoms with Crippen molar-refractivity contribution in [3.05, 3.63) is 28.7 Å². The lowest BCUT2D eigenvalue weighted by atomic mass is 10.3. The Morgan fingerprint density at radius 3 is 3.00 bits per heavy atom. The fourth-order valence-corrected chi connectivity index (χ4v) is 1.71. The minimum atomic E-state index is -0.386. The number of rotatable bonds is 7. The van der Waals surface area contributed by atoms with E-state index < -0.39 is 0 Å². The molecule has 0 heterocycles. The molecule has 0 saturated heterocycles. The molecule has 0 saturated carbocycles. The van der Waals surface area contributed by atoms with Crippen molar-refractivity contribution in [3.63, 3.8) is 0 Å². The third-order valence-corrected chi connectivity index (χ3v) is 2.77. The van der Waals surface area contributed by atoms with Gasteiger partial charge in [-0.2, -0.15) is 0 Å². The van der Waals surface area contributed by atoms with Gasteiger partial charge in [0, 0.05) is 11.0 Å². The summed E-state index contributed by atoms with van der Waals surface area (Å²) in [6.07, 6.45) is 0.494. The smallest absolute Gasteiger partial charge is 0.223 e. The average molecular weight is 316 g/mol. The van der Waals surface area contributed by atoms with Crippen LogP contribution in [0.3, 0.4) is 0 Å². The van der Waals surface area contributed by atoms with Gasteiger partial charge in [-0.05, 0) is 31.5 Å². The molecule has 1 unspecified atom stereocenters. The molecule has 0 bridgehead atoms. The molecule has 0 aliphatic rings. The highest BCUT2D eigenvalue weighted by molar-refractivity contribution is 9.10. The number of benzene rings is 1. The highest BCUT2D eigenvalue weighted by Gasteiger charge is 2.03. The molecule has 4 nitrogen and oxygen atoms in total. The molecule has 2 N–H and O–H groups in total. The average Bonchev–Trinajstić information content (AvgIpc) is 2.28. The number of aliphatic hydroxyl groups excluding tert-OH is 1. The lowest BCUT2D eigenvalue weighted by Crippen LogP contribution is -2.27. The van der Waals surface area contributed by atoms with Gasteiger partial charge < -0.3 is 15.2 Å². The largest absolute Gasteiger partial charge is 0.493 e. The van der Waals surface area contributed by atoms with E-state index in [1.165, 1.54) is 0 Å². The summed E-state index contributed by atoms with van der Waals surface area (Å²) >= 11 is 3.35. The van der Waals surface area contributed by atoms with Crippen molar-refractivity contribution in [2.75, 3.05) is 13.2 Å². The van der Waals surface area contributed by atoms with Crippen molar-refractivity contribution in [1.82, 2.24) is 5.32 Å². The van der Waals surface area contributed by atoms with Gasteiger partial charge in [-0.3, -0.25) is 4.79 Å². The van der Waals surface area contributed by atoms with E-state index in [0.717, 1.165) is 10.2 Å². The Labute approximate surface area is 115 Å². The maximum absolute atomic E-state index is 11.4. The summed E-state index contributed by atoms with van der Waals surface area (Å²) in [5.41, 5.74) is 0. The number of halogens is 1. The van der Waals surface area contributed by atoms with Gasteiger partial charge in [-0.25, -0.2) is 0 Å². The molecule has 0 aliphatic heterocycles. The predicted octanol–water partition coefficient (Wildman–Crippen LogP) is 2.11. The van der Waals surface area contributed by atoms with Crippen LogP contribution in [0.15, 0.2) is 28.7 Å². The van der Waals surface area contributed by atoms with Gasteiger partial charge in [0.05, 0.1) is 19.1 Å². The summed E-state index contributed by atoms with van der Waals surface area (Å²) in [7, 11) is 0. The SMILES string of the molecule is CC(O)CCNC(=O)CCOc1cccc(Br)c1. The molecule has 0 spiro atoms. The van der Waals surface area contributed by atoms with E-state index in [1.54, 1.807) is 6.92 Å². The lowest BCUT2D eigenvalue weighted by molar-refractivity contribution is -0.121. The molecular weight excluding hydrogens is 298 g/mol. The number of amides is 1. The summed E-state index contributed by atoms with van der Waals surface area (Å²) in [5.74, 6) is 0.673. The summed E-state index contributed by atoms with van der Waals surface area (Å²) < 4.78 is 6.39. The number of carbonyl (C=O) groups is 1. The molecule has 1 atom stereocenters. The van der Waals surface area contributed by atoms with Crippen LogP contribution in [-0.2, 0) is 4.79 Å². The van der Waals surface area contributed by atoms with Crippen molar-refractivity contribution >= 4 is 21.8 Å². The summed E-state index contributed by atoms with van der Waals surface area (Å²) in [4.78, 5) is 11.4. The predicted molar refractivity (Wildman–Crippen MR) is 73.6 cm³/mol. The number of aliphatic hydroxyl groups is 1. The monoisotopic (exact) mass is 315 g/mol. The molecule has 0 aliphatic carbocycles. The van der Waals surface area contributed by atoms with Gasteiger partial charge in [0.1, 0.15) is 5.75 Å². The zero-order chi connectivity index (χ0) is 13.4. The second kappa shape index (κ2) is 8.11. The highest BCUT2D eigenvalue weighted by Crippen LogP contribution is 2.17. The van der Waals surface area contributed by atoms with Crippen LogP contribution in [0.2, 0.25) is 0 Å². The van der Waals surface area contributed by atoms with E-state index in [1.807, 2.05) is 24.3 Å². The molecule has 1 rings (SSSR count). The normalized spacial score (nSPS) is 11.9. The molecule has 0 radical (unpaired) electrons. The lowest BCUT2D eigenvalue weighted by Gasteiger charge is -2.08. The Morgan fingerprint density at radius 1 is 1.56 bits per heavy atom. The van der Waals surface area contributed by atoms with Gasteiger partial charge in [0.2, 0.25) is 5.91 Å². The fourth-order valence-electron chi connectivity index (χ4n) is 1.33. The fraction of sp³-hybridized carbons (Fsp3) is 0.462. The zero-order valence-electron chi connectivity index (χ0n) is 10.4. The van der Waals surface area contributed by atoms with E-state index in [2.05, 4.69) is 21.2 Å². The van der Waals surface area contributed by atoms with E-state index in [9.17, 15) is 4.79 Å². The highest BCUT2D eigenvalue weighted by atomic mass is 79.9. The topological polar surface area (TPSA) is 58.6 Å². The van der Waals surface area contributed by atoms with Crippen LogP contribution in [0.4, 0.5) is 0 Å². The minimum Gasteiger partial charge on any atom is -0.493 e. The molecule has 1 aromatic carbocycles. The third-order valence-electron chi connectivity index (χ3n) is 2.28. The standard InChI is InChI=1S/C13H18BrNO3/c1-10(16)5-7-15-13(17)6-8-18-12-4-2-3-11(14)9-12/h2-4,9-10,16H,5-8H2,1H3,(H,15,17). The van der Waals surface area contributed by atoms with Crippen LogP contribution in [0.5, 0.6) is 5.75 Å². The van der Waals surface area contributed by atoms with E-state index in [0.29, 0.717) is 26.0 Å². The number of hydrogen-bond donors (Lipinski definition) is 2. The van der Waals surface area contributed by atoms with E-state index in [4.69, 9.17) is 9.84 Å². The van der Waals surface area contributed by atoms with Crippen LogP contribution in [0.25, 0.3) is 0 Å². The summed E-state index contributed by atoms with van der Waals surface area (Å²) in [6.45, 7) is 2.53. The van der Waals surface area contributed by atoms with Crippen LogP contribution in [0, 0.1) is 0 Å². The maximum atomic E-state index is 11.4. The quantitative estimate of drug-likeness (QED) is 0.810. The molecule has 18 heavy (non-hydrogen) atoms. The first-order valence-electron chi connectivity index (χ1n) is 5.91.